The van der Waals surface area contributed by atoms with Crippen molar-refractivity contribution in [3.8, 4) is 5.75 Å². The average molecular weight is 574 g/mol. The molecule has 39 heavy (non-hydrogen) atoms. The lowest BCUT2D eigenvalue weighted by Gasteiger charge is -2.37. The van der Waals surface area contributed by atoms with Crippen molar-refractivity contribution in [2.45, 2.75) is 111 Å². The molecular formula is C33H52ClNO3Si. The summed E-state index contributed by atoms with van der Waals surface area (Å²) in [5, 5.41) is 13.9. The van der Waals surface area contributed by atoms with Crippen LogP contribution in [0, 0.1) is 5.41 Å². The van der Waals surface area contributed by atoms with Gasteiger partial charge in [-0.25, -0.2) is 0 Å². The van der Waals surface area contributed by atoms with Crippen LogP contribution in [0.25, 0.3) is 0 Å². The van der Waals surface area contributed by atoms with E-state index in [1.807, 2.05) is 0 Å². The van der Waals surface area contributed by atoms with Crippen molar-refractivity contribution in [1.29, 1.82) is 0 Å². The number of aryl methyl sites for hydroxylation is 1. The number of rotatable bonds is 12. The van der Waals surface area contributed by atoms with Gasteiger partial charge in [0.1, 0.15) is 5.75 Å². The second-order valence-electron chi connectivity index (χ2n) is 14.3. The Kier molecular flexibility index (Phi) is 11.7. The molecule has 0 saturated carbocycles. The molecule has 0 saturated heterocycles. The molecule has 1 unspecified atom stereocenters. The number of aromatic hydroxyl groups is 1. The van der Waals surface area contributed by atoms with E-state index < -0.39 is 8.07 Å². The van der Waals surface area contributed by atoms with E-state index in [0.717, 1.165) is 19.1 Å². The maximum absolute atomic E-state index is 13.3. The molecule has 2 aromatic carbocycles. The maximum atomic E-state index is 13.3. The van der Waals surface area contributed by atoms with Gasteiger partial charge in [-0.3, -0.25) is 4.79 Å². The van der Waals surface area contributed by atoms with E-state index in [9.17, 15) is 9.90 Å². The molecule has 2 aromatic rings. The van der Waals surface area contributed by atoms with Crippen molar-refractivity contribution in [1.82, 2.24) is 5.32 Å². The van der Waals surface area contributed by atoms with Crippen molar-refractivity contribution in [3.05, 3.63) is 63.7 Å². The van der Waals surface area contributed by atoms with Gasteiger partial charge in [0, 0.05) is 11.3 Å². The van der Waals surface area contributed by atoms with E-state index in [-0.39, 0.29) is 34.6 Å². The van der Waals surface area contributed by atoms with Crippen LogP contribution in [-0.2, 0) is 28.8 Å². The van der Waals surface area contributed by atoms with E-state index >= 15 is 0 Å². The molecule has 0 aromatic heterocycles. The highest BCUT2D eigenvalue weighted by Gasteiger charge is 2.35. The summed E-state index contributed by atoms with van der Waals surface area (Å²) >= 11 is 6.32. The number of halogens is 1. The summed E-state index contributed by atoms with van der Waals surface area (Å²) in [6, 6.07) is 11.2. The number of ether oxygens (including phenoxy) is 1. The Labute approximate surface area is 243 Å². The third-order valence-electron chi connectivity index (χ3n) is 8.08. The zero-order valence-corrected chi connectivity index (χ0v) is 27.8. The highest BCUT2D eigenvalue weighted by molar-refractivity contribution is 6.80. The molecule has 0 spiro atoms. The van der Waals surface area contributed by atoms with Crippen LogP contribution < -0.4 is 5.32 Å². The Balaban J connectivity index is 2.34. The van der Waals surface area contributed by atoms with Gasteiger partial charge >= 0.3 is 0 Å². The Morgan fingerprint density at radius 3 is 2.31 bits per heavy atom. The average Bonchev–Trinajstić information content (AvgIpc) is 2.79. The highest BCUT2D eigenvalue weighted by atomic mass is 35.5. The summed E-state index contributed by atoms with van der Waals surface area (Å²) in [6.07, 6.45) is 3.66. The van der Waals surface area contributed by atoms with Crippen LogP contribution in [0.3, 0.4) is 0 Å². The van der Waals surface area contributed by atoms with Crippen LogP contribution in [0.2, 0.25) is 23.2 Å². The third-order valence-corrected chi connectivity index (χ3v) is 13.4. The predicted octanol–water partition coefficient (Wildman–Crippen LogP) is 8.48. The number of carbonyl (C=O) groups is 1. The summed E-state index contributed by atoms with van der Waals surface area (Å²) in [5.74, 6) is 0.359. The number of hydrogen-bond donors (Lipinski definition) is 2. The van der Waals surface area contributed by atoms with Gasteiger partial charge in [0.25, 0.3) is 0 Å². The minimum absolute atomic E-state index is 0.103. The minimum atomic E-state index is -1.63. The Hall–Kier alpha value is -1.82. The minimum Gasteiger partial charge on any atom is -0.508 e. The SMILES string of the molecule is CC(C)c1cccc(CCC(C)(C)C)c1CC(COC[Si](C)(C)C(C)(C)C)NC(=O)Cc1cc(O)ccc1Cl. The molecule has 2 rings (SSSR count). The Bertz CT molecular complexity index is 1100. The zero-order chi connectivity index (χ0) is 29.6. The van der Waals surface area contributed by atoms with Crippen LogP contribution in [0.5, 0.6) is 5.75 Å². The van der Waals surface area contributed by atoms with E-state index in [4.69, 9.17) is 16.3 Å². The third kappa shape index (κ3) is 10.6. The number of carbonyl (C=O) groups excluding carboxylic acids is 1. The molecule has 0 bridgehead atoms. The molecule has 6 heteroatoms. The normalized spacial score (nSPS) is 13.5. The van der Waals surface area contributed by atoms with Crippen LogP contribution in [0.4, 0.5) is 0 Å². The van der Waals surface area contributed by atoms with Crippen molar-refractivity contribution in [2.75, 3.05) is 12.8 Å². The summed E-state index contributed by atoms with van der Waals surface area (Å²) in [4.78, 5) is 13.3. The smallest absolute Gasteiger partial charge is 0.224 e. The second kappa shape index (κ2) is 13.7. The molecule has 2 N–H and O–H groups in total. The van der Waals surface area contributed by atoms with Crippen molar-refractivity contribution in [2.24, 2.45) is 5.41 Å². The van der Waals surface area contributed by atoms with Gasteiger partial charge in [-0.1, -0.05) is 98.3 Å². The number of benzene rings is 2. The number of phenolic OH excluding ortho intramolecular Hbond substituents is 1. The lowest BCUT2D eigenvalue weighted by Crippen LogP contribution is -2.46. The lowest BCUT2D eigenvalue weighted by molar-refractivity contribution is -0.121. The van der Waals surface area contributed by atoms with Gasteiger partial charge in [0.15, 0.2) is 0 Å². The summed E-state index contributed by atoms with van der Waals surface area (Å²) < 4.78 is 6.39. The summed E-state index contributed by atoms with van der Waals surface area (Å²) in [7, 11) is -1.63. The summed E-state index contributed by atoms with van der Waals surface area (Å²) in [5.41, 5.74) is 4.87. The first-order chi connectivity index (χ1) is 17.9. The molecule has 0 fully saturated rings. The van der Waals surface area contributed by atoms with E-state index in [2.05, 4.69) is 92.0 Å². The molecule has 0 radical (unpaired) electrons. The van der Waals surface area contributed by atoms with Crippen molar-refractivity contribution < 1.29 is 14.6 Å². The molecule has 0 aliphatic carbocycles. The van der Waals surface area contributed by atoms with Gasteiger partial charge in [-0.05, 0) is 76.1 Å². The highest BCUT2D eigenvalue weighted by Crippen LogP contribution is 2.36. The molecule has 1 atom stereocenters. The Morgan fingerprint density at radius 2 is 1.72 bits per heavy atom. The lowest BCUT2D eigenvalue weighted by atomic mass is 9.84. The number of hydrogen-bond acceptors (Lipinski definition) is 3. The maximum Gasteiger partial charge on any atom is 0.224 e. The fourth-order valence-corrected chi connectivity index (χ4v) is 5.65. The molecular weight excluding hydrogens is 522 g/mol. The predicted molar refractivity (Wildman–Crippen MR) is 169 cm³/mol. The number of phenols is 1. The monoisotopic (exact) mass is 573 g/mol. The van der Waals surface area contributed by atoms with Crippen LogP contribution in [0.15, 0.2) is 36.4 Å². The van der Waals surface area contributed by atoms with Crippen molar-refractivity contribution in [3.63, 3.8) is 0 Å². The van der Waals surface area contributed by atoms with Crippen LogP contribution >= 0.6 is 11.6 Å². The number of amides is 1. The van der Waals surface area contributed by atoms with Crippen LogP contribution in [0.1, 0.15) is 90.0 Å². The van der Waals surface area contributed by atoms with Gasteiger partial charge < -0.3 is 15.2 Å². The molecule has 0 aliphatic rings. The molecule has 1 amide bonds. The Morgan fingerprint density at radius 1 is 1.05 bits per heavy atom. The topological polar surface area (TPSA) is 58.6 Å². The van der Waals surface area contributed by atoms with Gasteiger partial charge in [-0.2, -0.15) is 0 Å². The van der Waals surface area contributed by atoms with E-state index in [1.54, 1.807) is 12.1 Å². The zero-order valence-electron chi connectivity index (χ0n) is 26.0. The number of nitrogens with one attached hydrogen (secondary N) is 1. The first-order valence-corrected chi connectivity index (χ1v) is 17.9. The standard InChI is InChI=1S/C33H52ClNO3Si/c1-23(2)28-13-11-12-24(16-17-32(3,4)5)29(28)20-26(21-38-22-39(9,10)33(6,7)8)35-31(37)19-25-18-27(36)14-15-30(25)34/h11-15,18,23,26,36H,16-17,19-22H2,1-10H3,(H,35,37). The van der Waals surface area contributed by atoms with E-state index in [0.29, 0.717) is 29.5 Å². The summed E-state index contributed by atoms with van der Waals surface area (Å²) in [6.45, 7) is 23.4. The molecule has 0 heterocycles. The molecule has 0 aliphatic heterocycles. The quantitative estimate of drug-likeness (QED) is 0.250. The first-order valence-electron chi connectivity index (χ1n) is 14.3. The van der Waals surface area contributed by atoms with Gasteiger partial charge in [0.2, 0.25) is 5.91 Å². The fourth-order valence-electron chi connectivity index (χ4n) is 4.41. The molecule has 218 valence electrons. The van der Waals surface area contributed by atoms with Gasteiger partial charge in [0.05, 0.1) is 27.1 Å². The second-order valence-corrected chi connectivity index (χ2v) is 20.2. The fraction of sp³-hybridized carbons (Fsp3) is 0.606. The largest absolute Gasteiger partial charge is 0.508 e. The van der Waals surface area contributed by atoms with Gasteiger partial charge in [-0.15, -0.1) is 0 Å². The van der Waals surface area contributed by atoms with Crippen LogP contribution in [-0.4, -0.2) is 38.0 Å². The van der Waals surface area contributed by atoms with E-state index in [1.165, 1.54) is 22.8 Å². The molecule has 4 nitrogen and oxygen atoms in total. The first kappa shape index (κ1) is 33.4. The van der Waals surface area contributed by atoms with Crippen molar-refractivity contribution >= 4 is 25.6 Å².